The quantitative estimate of drug-likeness (QED) is 0.617. The van der Waals surface area contributed by atoms with E-state index in [1.807, 2.05) is 55.5 Å². The van der Waals surface area contributed by atoms with E-state index < -0.39 is 23.2 Å². The summed E-state index contributed by atoms with van der Waals surface area (Å²) in [4.78, 5) is 16.8. The number of pyridine rings is 1. The first-order valence-electron chi connectivity index (χ1n) is 8.98. The summed E-state index contributed by atoms with van der Waals surface area (Å²) in [7, 11) is 0. The summed E-state index contributed by atoms with van der Waals surface area (Å²) in [6, 6.07) is 19.0. The highest BCUT2D eigenvalue weighted by Crippen LogP contribution is 2.31. The van der Waals surface area contributed by atoms with E-state index in [9.17, 15) is 18.0 Å². The van der Waals surface area contributed by atoms with Gasteiger partial charge in [0.25, 0.3) is 0 Å². The lowest BCUT2D eigenvalue weighted by atomic mass is 9.79. The maximum atomic E-state index is 12.7. The maximum absolute atomic E-state index is 12.7. The second-order valence-electron chi connectivity index (χ2n) is 6.80. The fourth-order valence-electron chi connectivity index (χ4n) is 3.01. The molecule has 1 aromatic heterocycles. The summed E-state index contributed by atoms with van der Waals surface area (Å²) < 4.78 is 38.0. The number of halogens is 3. The molecule has 7 heteroatoms. The van der Waals surface area contributed by atoms with E-state index in [-0.39, 0.29) is 12.2 Å². The zero-order chi connectivity index (χ0) is 20.9. The summed E-state index contributed by atoms with van der Waals surface area (Å²) in [6.45, 7) is 2.23. The van der Waals surface area contributed by atoms with E-state index in [0.717, 1.165) is 23.4 Å². The minimum Gasteiger partial charge on any atom is -0.337 e. The Morgan fingerprint density at radius 2 is 1.55 bits per heavy atom. The lowest BCUT2D eigenvalue weighted by Gasteiger charge is -2.30. The average molecular weight is 399 g/mol. The molecule has 0 aliphatic rings. The number of amides is 2. The predicted molar refractivity (Wildman–Crippen MR) is 106 cm³/mol. The van der Waals surface area contributed by atoms with Crippen molar-refractivity contribution in [3.8, 4) is 0 Å². The molecule has 2 N–H and O–H groups in total. The van der Waals surface area contributed by atoms with Gasteiger partial charge in [-0.3, -0.25) is 4.98 Å². The number of nitrogens with one attached hydrogen (secondary N) is 2. The fourth-order valence-corrected chi connectivity index (χ4v) is 3.01. The van der Waals surface area contributed by atoms with Crippen molar-refractivity contribution in [2.45, 2.75) is 18.5 Å². The van der Waals surface area contributed by atoms with Gasteiger partial charge in [0.05, 0.1) is 16.7 Å². The lowest BCUT2D eigenvalue weighted by molar-refractivity contribution is -0.137. The van der Waals surface area contributed by atoms with Crippen molar-refractivity contribution in [1.29, 1.82) is 0 Å². The van der Waals surface area contributed by atoms with Crippen LogP contribution >= 0.6 is 0 Å². The molecule has 0 aliphatic carbocycles. The Balaban J connectivity index is 1.72. The summed E-state index contributed by atoms with van der Waals surface area (Å²) in [5.41, 5.74) is 0.694. The van der Waals surface area contributed by atoms with Gasteiger partial charge in [-0.2, -0.15) is 13.2 Å². The van der Waals surface area contributed by atoms with Gasteiger partial charge in [-0.1, -0.05) is 36.4 Å². The van der Waals surface area contributed by atoms with Crippen molar-refractivity contribution in [2.75, 3.05) is 11.9 Å². The third kappa shape index (κ3) is 4.93. The van der Waals surface area contributed by atoms with Crippen molar-refractivity contribution in [1.82, 2.24) is 10.3 Å². The minimum absolute atomic E-state index is 0.250. The van der Waals surface area contributed by atoms with Crippen LogP contribution in [0.1, 0.15) is 23.7 Å². The van der Waals surface area contributed by atoms with Crippen LogP contribution in [0.2, 0.25) is 0 Å². The number of alkyl halides is 3. The Morgan fingerprint density at radius 1 is 0.897 bits per heavy atom. The van der Waals surface area contributed by atoms with E-state index in [4.69, 9.17) is 0 Å². The Hall–Kier alpha value is -3.35. The molecule has 0 bridgehead atoms. The van der Waals surface area contributed by atoms with Crippen LogP contribution in [0.3, 0.4) is 0 Å². The fraction of sp³-hybridized carbons (Fsp3) is 0.182. The highest BCUT2D eigenvalue weighted by Gasteiger charge is 2.31. The number of carbonyl (C=O) groups excluding carboxylic acids is 1. The summed E-state index contributed by atoms with van der Waals surface area (Å²) >= 11 is 0. The zero-order valence-corrected chi connectivity index (χ0v) is 15.7. The second-order valence-corrected chi connectivity index (χ2v) is 6.80. The van der Waals surface area contributed by atoms with Crippen LogP contribution in [-0.4, -0.2) is 17.6 Å². The van der Waals surface area contributed by atoms with Crippen molar-refractivity contribution in [3.05, 3.63) is 95.8 Å². The van der Waals surface area contributed by atoms with E-state index in [1.165, 1.54) is 12.1 Å². The number of anilines is 1. The number of hydrogen-bond donors (Lipinski definition) is 2. The summed E-state index contributed by atoms with van der Waals surface area (Å²) in [6.07, 6.45) is -2.72. The number of aromatic nitrogens is 1. The first kappa shape index (κ1) is 20.4. The number of rotatable bonds is 5. The molecule has 3 rings (SSSR count). The van der Waals surface area contributed by atoms with Crippen LogP contribution in [0, 0.1) is 0 Å². The molecule has 29 heavy (non-hydrogen) atoms. The standard InChI is InChI=1S/C22H20F3N3O/c1-21(16-7-3-2-4-8-16,19-9-5-6-14-26-19)15-27-20(29)28-18-12-10-17(11-13-18)22(23,24)25/h2-14H,15H2,1H3,(H2,27,28,29). The highest BCUT2D eigenvalue weighted by atomic mass is 19.4. The molecule has 4 nitrogen and oxygen atoms in total. The molecule has 0 radical (unpaired) electrons. The molecule has 1 heterocycles. The molecule has 2 aromatic carbocycles. The minimum atomic E-state index is -4.42. The maximum Gasteiger partial charge on any atom is 0.416 e. The molecule has 0 aliphatic heterocycles. The number of urea groups is 1. The zero-order valence-electron chi connectivity index (χ0n) is 15.7. The molecule has 0 saturated carbocycles. The smallest absolute Gasteiger partial charge is 0.337 e. The van der Waals surface area contributed by atoms with Gasteiger partial charge in [-0.25, -0.2) is 4.79 Å². The van der Waals surface area contributed by atoms with Crippen molar-refractivity contribution in [3.63, 3.8) is 0 Å². The molecule has 0 spiro atoms. The molecule has 1 atom stereocenters. The molecule has 1 unspecified atom stereocenters. The van der Waals surface area contributed by atoms with E-state index in [1.54, 1.807) is 6.20 Å². The third-order valence-electron chi connectivity index (χ3n) is 4.71. The monoisotopic (exact) mass is 399 g/mol. The Bertz CT molecular complexity index is 903. The van der Waals surface area contributed by atoms with Gasteiger partial charge >= 0.3 is 12.2 Å². The molecule has 0 fully saturated rings. The van der Waals surface area contributed by atoms with Crippen LogP contribution < -0.4 is 10.6 Å². The van der Waals surface area contributed by atoms with Gasteiger partial charge in [-0.15, -0.1) is 0 Å². The van der Waals surface area contributed by atoms with Gasteiger partial charge in [0.15, 0.2) is 0 Å². The molecular formula is C22H20F3N3O. The number of carbonyl (C=O) groups is 1. The Labute approximate surface area is 166 Å². The lowest BCUT2D eigenvalue weighted by Crippen LogP contribution is -2.41. The van der Waals surface area contributed by atoms with Crippen LogP contribution in [0.25, 0.3) is 0 Å². The highest BCUT2D eigenvalue weighted by molar-refractivity contribution is 5.89. The summed E-state index contributed by atoms with van der Waals surface area (Å²) in [5.74, 6) is 0. The summed E-state index contributed by atoms with van der Waals surface area (Å²) in [5, 5.41) is 5.36. The molecule has 150 valence electrons. The average Bonchev–Trinajstić information content (AvgIpc) is 2.73. The second kappa shape index (κ2) is 8.34. The van der Waals surface area contributed by atoms with Crippen molar-refractivity contribution in [2.24, 2.45) is 0 Å². The first-order valence-corrected chi connectivity index (χ1v) is 8.98. The van der Waals surface area contributed by atoms with Gasteiger partial charge < -0.3 is 10.6 Å². The largest absolute Gasteiger partial charge is 0.416 e. The van der Waals surface area contributed by atoms with E-state index >= 15 is 0 Å². The number of hydrogen-bond acceptors (Lipinski definition) is 2. The van der Waals surface area contributed by atoms with E-state index in [2.05, 4.69) is 15.6 Å². The Kier molecular flexibility index (Phi) is 5.87. The van der Waals surface area contributed by atoms with Gasteiger partial charge in [0.2, 0.25) is 0 Å². The van der Waals surface area contributed by atoms with Crippen molar-refractivity contribution < 1.29 is 18.0 Å². The SMILES string of the molecule is CC(CNC(=O)Nc1ccc(C(F)(F)F)cc1)(c1ccccc1)c1ccccn1. The van der Waals surface area contributed by atoms with Crippen LogP contribution in [0.4, 0.5) is 23.7 Å². The van der Waals surface area contributed by atoms with Gasteiger partial charge in [0, 0.05) is 18.4 Å². The Morgan fingerprint density at radius 3 is 2.14 bits per heavy atom. The number of benzene rings is 2. The number of nitrogens with zero attached hydrogens (tertiary/aromatic N) is 1. The van der Waals surface area contributed by atoms with Gasteiger partial charge in [-0.05, 0) is 48.9 Å². The van der Waals surface area contributed by atoms with Crippen molar-refractivity contribution >= 4 is 11.7 Å². The van der Waals surface area contributed by atoms with E-state index in [0.29, 0.717) is 0 Å². The predicted octanol–water partition coefficient (Wildman–Crippen LogP) is 5.23. The normalized spacial score (nSPS) is 13.4. The van der Waals surface area contributed by atoms with Gasteiger partial charge in [0.1, 0.15) is 0 Å². The molecular weight excluding hydrogens is 379 g/mol. The molecule has 0 saturated heterocycles. The third-order valence-corrected chi connectivity index (χ3v) is 4.71. The molecule has 3 aromatic rings. The molecule has 2 amide bonds. The van der Waals surface area contributed by atoms with Crippen LogP contribution in [0.5, 0.6) is 0 Å². The topological polar surface area (TPSA) is 54.0 Å². The first-order chi connectivity index (χ1) is 13.8. The van der Waals surface area contributed by atoms with Crippen LogP contribution in [-0.2, 0) is 11.6 Å². The van der Waals surface area contributed by atoms with Crippen LogP contribution in [0.15, 0.2) is 79.0 Å².